The third-order valence-electron chi connectivity index (χ3n) is 2.48. The first-order chi connectivity index (χ1) is 8.53. The summed E-state index contributed by atoms with van der Waals surface area (Å²) in [7, 11) is -3.49. The zero-order valence-corrected chi connectivity index (χ0v) is 12.0. The maximum atomic E-state index is 12.1. The molecule has 98 valence electrons. The summed E-state index contributed by atoms with van der Waals surface area (Å²) in [6.45, 7) is 1.95. The molecule has 0 saturated heterocycles. The Morgan fingerprint density at radius 2 is 2.00 bits per heavy atom. The summed E-state index contributed by atoms with van der Waals surface area (Å²) in [6, 6.07) is 7.80. The van der Waals surface area contributed by atoms with Crippen LogP contribution < -0.4 is 4.72 Å². The Balaban J connectivity index is 2.88. The van der Waals surface area contributed by atoms with Crippen molar-refractivity contribution < 1.29 is 8.42 Å². The lowest BCUT2D eigenvalue weighted by atomic mass is 10.2. The second kappa shape index (κ2) is 6.78. The smallest absolute Gasteiger partial charge is 0.207 e. The summed E-state index contributed by atoms with van der Waals surface area (Å²) in [5, 5.41) is 8.67. The van der Waals surface area contributed by atoms with Crippen LogP contribution in [0.15, 0.2) is 29.2 Å². The molecule has 1 aromatic rings. The van der Waals surface area contributed by atoms with Crippen molar-refractivity contribution in [2.24, 2.45) is 0 Å². The van der Waals surface area contributed by atoms with Crippen molar-refractivity contribution in [2.75, 3.05) is 12.0 Å². The molecule has 1 atom stereocenters. The molecule has 1 unspecified atom stereocenters. The van der Waals surface area contributed by atoms with Crippen molar-refractivity contribution in [3.05, 3.63) is 29.8 Å². The predicted molar refractivity (Wildman–Crippen MR) is 73.9 cm³/mol. The maximum Gasteiger partial charge on any atom is 0.240 e. The van der Waals surface area contributed by atoms with Gasteiger partial charge >= 0.3 is 0 Å². The minimum absolute atomic E-state index is 0.0688. The fraction of sp³-hybridized carbons (Fsp3) is 0.417. The minimum atomic E-state index is -3.49. The average Bonchev–Trinajstić information content (AvgIpc) is 2.38. The van der Waals surface area contributed by atoms with Gasteiger partial charge in [0.2, 0.25) is 10.0 Å². The molecule has 0 aliphatic rings. The third kappa shape index (κ3) is 4.02. The first-order valence-electron chi connectivity index (χ1n) is 5.55. The molecule has 1 aromatic carbocycles. The fourth-order valence-electron chi connectivity index (χ4n) is 1.43. The van der Waals surface area contributed by atoms with E-state index in [1.54, 1.807) is 11.8 Å². The standard InChI is InChI=1S/C12H16N2O2S2/c1-3-11(9-17-2)14-18(15,16)12-6-4-10(8-13)5-7-12/h4-7,11,14H,3,9H2,1-2H3. The zero-order chi connectivity index (χ0) is 13.6. The molecular formula is C12H16N2O2S2. The number of rotatable bonds is 6. The lowest BCUT2D eigenvalue weighted by molar-refractivity contribution is 0.558. The van der Waals surface area contributed by atoms with Gasteiger partial charge in [-0.05, 0) is 36.9 Å². The minimum Gasteiger partial charge on any atom is -0.207 e. The number of nitrogens with one attached hydrogen (secondary N) is 1. The van der Waals surface area contributed by atoms with E-state index < -0.39 is 10.0 Å². The summed E-state index contributed by atoms with van der Waals surface area (Å²) in [6.07, 6.45) is 2.69. The molecule has 1 rings (SSSR count). The van der Waals surface area contributed by atoms with E-state index in [2.05, 4.69) is 4.72 Å². The molecule has 0 aliphatic heterocycles. The Bertz CT molecular complexity index is 518. The number of sulfonamides is 1. The van der Waals surface area contributed by atoms with Crippen LogP contribution in [0.25, 0.3) is 0 Å². The first-order valence-corrected chi connectivity index (χ1v) is 8.42. The summed E-state index contributed by atoms with van der Waals surface area (Å²) >= 11 is 1.61. The number of nitriles is 1. The van der Waals surface area contributed by atoms with Gasteiger partial charge in [-0.1, -0.05) is 6.92 Å². The molecule has 0 saturated carbocycles. The summed E-state index contributed by atoms with van der Waals surface area (Å²) in [5.74, 6) is 0.742. The van der Waals surface area contributed by atoms with Crippen molar-refractivity contribution in [1.29, 1.82) is 5.26 Å². The van der Waals surface area contributed by atoms with Crippen LogP contribution in [0.2, 0.25) is 0 Å². The molecule has 6 heteroatoms. The van der Waals surface area contributed by atoms with Gasteiger partial charge in [-0.2, -0.15) is 17.0 Å². The van der Waals surface area contributed by atoms with E-state index in [-0.39, 0.29) is 10.9 Å². The number of hydrogen-bond acceptors (Lipinski definition) is 4. The van der Waals surface area contributed by atoms with Crippen molar-refractivity contribution in [3.8, 4) is 6.07 Å². The summed E-state index contributed by atoms with van der Waals surface area (Å²) < 4.78 is 26.8. The highest BCUT2D eigenvalue weighted by Gasteiger charge is 2.18. The van der Waals surface area contributed by atoms with Gasteiger partial charge in [0, 0.05) is 11.8 Å². The molecule has 0 spiro atoms. The monoisotopic (exact) mass is 284 g/mol. The molecule has 18 heavy (non-hydrogen) atoms. The Kier molecular flexibility index (Phi) is 5.66. The van der Waals surface area contributed by atoms with Crippen LogP contribution in [0.5, 0.6) is 0 Å². The Morgan fingerprint density at radius 3 is 2.44 bits per heavy atom. The van der Waals surface area contributed by atoms with E-state index in [1.165, 1.54) is 24.3 Å². The maximum absolute atomic E-state index is 12.1. The van der Waals surface area contributed by atoms with E-state index in [0.717, 1.165) is 12.2 Å². The summed E-state index contributed by atoms with van der Waals surface area (Å²) in [5.41, 5.74) is 0.449. The molecule has 0 amide bonds. The highest BCUT2D eigenvalue weighted by atomic mass is 32.2. The number of hydrogen-bond donors (Lipinski definition) is 1. The van der Waals surface area contributed by atoms with Crippen LogP contribution in [0.1, 0.15) is 18.9 Å². The predicted octanol–water partition coefficient (Wildman–Crippen LogP) is 1.98. The van der Waals surface area contributed by atoms with Gasteiger partial charge in [0.15, 0.2) is 0 Å². The molecular weight excluding hydrogens is 268 g/mol. The highest BCUT2D eigenvalue weighted by molar-refractivity contribution is 7.98. The number of benzene rings is 1. The van der Waals surface area contributed by atoms with Gasteiger partial charge < -0.3 is 0 Å². The normalized spacial score (nSPS) is 12.9. The molecule has 0 heterocycles. The zero-order valence-electron chi connectivity index (χ0n) is 10.4. The van der Waals surface area contributed by atoms with E-state index >= 15 is 0 Å². The third-order valence-corrected chi connectivity index (χ3v) is 4.75. The SMILES string of the molecule is CCC(CSC)NS(=O)(=O)c1ccc(C#N)cc1. The van der Waals surface area contributed by atoms with Crippen molar-refractivity contribution in [1.82, 2.24) is 4.72 Å². The van der Waals surface area contributed by atoms with Crippen LogP contribution in [0, 0.1) is 11.3 Å². The Morgan fingerprint density at radius 1 is 1.39 bits per heavy atom. The molecule has 0 fully saturated rings. The Labute approximate surface area is 112 Å². The van der Waals surface area contributed by atoms with Crippen LogP contribution in [0.3, 0.4) is 0 Å². The fourth-order valence-corrected chi connectivity index (χ4v) is 3.58. The Hall–Kier alpha value is -1.03. The van der Waals surface area contributed by atoms with Crippen LogP contribution in [-0.2, 0) is 10.0 Å². The molecule has 0 aromatic heterocycles. The van der Waals surface area contributed by atoms with Crippen LogP contribution in [0.4, 0.5) is 0 Å². The lowest BCUT2D eigenvalue weighted by Crippen LogP contribution is -2.36. The highest BCUT2D eigenvalue weighted by Crippen LogP contribution is 2.12. The second-order valence-electron chi connectivity index (χ2n) is 3.82. The van der Waals surface area contributed by atoms with Crippen molar-refractivity contribution in [3.63, 3.8) is 0 Å². The summed E-state index contributed by atoms with van der Waals surface area (Å²) in [4.78, 5) is 0.195. The number of nitrogens with zero attached hydrogens (tertiary/aromatic N) is 1. The second-order valence-corrected chi connectivity index (χ2v) is 6.44. The van der Waals surface area contributed by atoms with Gasteiger partial charge in [-0.3, -0.25) is 0 Å². The molecule has 0 aliphatic carbocycles. The van der Waals surface area contributed by atoms with Gasteiger partial charge in [-0.25, -0.2) is 13.1 Å². The average molecular weight is 284 g/mol. The van der Waals surface area contributed by atoms with E-state index in [0.29, 0.717) is 5.56 Å². The van der Waals surface area contributed by atoms with E-state index in [9.17, 15) is 8.42 Å². The van der Waals surface area contributed by atoms with E-state index in [1.807, 2.05) is 19.2 Å². The van der Waals surface area contributed by atoms with Crippen molar-refractivity contribution in [2.45, 2.75) is 24.3 Å². The van der Waals surface area contributed by atoms with Crippen LogP contribution in [-0.4, -0.2) is 26.5 Å². The number of thioether (sulfide) groups is 1. The topological polar surface area (TPSA) is 70.0 Å². The first kappa shape index (κ1) is 15.0. The molecule has 4 nitrogen and oxygen atoms in total. The van der Waals surface area contributed by atoms with Gasteiger partial charge in [0.25, 0.3) is 0 Å². The molecule has 0 radical (unpaired) electrons. The lowest BCUT2D eigenvalue weighted by Gasteiger charge is -2.15. The van der Waals surface area contributed by atoms with Crippen LogP contribution >= 0.6 is 11.8 Å². The molecule has 1 N–H and O–H groups in total. The van der Waals surface area contributed by atoms with Gasteiger partial charge in [0.05, 0.1) is 16.5 Å². The van der Waals surface area contributed by atoms with Crippen molar-refractivity contribution >= 4 is 21.8 Å². The van der Waals surface area contributed by atoms with E-state index in [4.69, 9.17) is 5.26 Å². The van der Waals surface area contributed by atoms with Gasteiger partial charge in [-0.15, -0.1) is 0 Å². The molecule has 0 bridgehead atoms. The quantitative estimate of drug-likeness (QED) is 0.867. The van der Waals surface area contributed by atoms with Gasteiger partial charge in [0.1, 0.15) is 0 Å². The largest absolute Gasteiger partial charge is 0.240 e.